The van der Waals surface area contributed by atoms with Crippen LogP contribution in [0.15, 0.2) is 53.4 Å². The second-order valence-electron chi connectivity index (χ2n) is 4.54. The first-order valence-corrected chi connectivity index (χ1v) is 8.01. The van der Waals surface area contributed by atoms with Gasteiger partial charge in [0.1, 0.15) is 5.82 Å². The highest BCUT2D eigenvalue weighted by Crippen LogP contribution is 2.14. The monoisotopic (exact) mass is 308 g/mol. The van der Waals surface area contributed by atoms with E-state index < -0.39 is 10.0 Å². The van der Waals surface area contributed by atoms with Crippen molar-refractivity contribution >= 4 is 15.7 Å². The molecule has 2 rings (SSSR count). The second-order valence-corrected chi connectivity index (χ2v) is 6.43. The number of halogens is 1. The van der Waals surface area contributed by atoms with Crippen LogP contribution in [0.25, 0.3) is 0 Å². The van der Waals surface area contributed by atoms with E-state index in [1.165, 1.54) is 31.3 Å². The summed E-state index contributed by atoms with van der Waals surface area (Å²) in [5, 5.41) is 3.17. The van der Waals surface area contributed by atoms with Crippen LogP contribution in [0.3, 0.4) is 0 Å². The molecule has 0 saturated carbocycles. The lowest BCUT2D eigenvalue weighted by Gasteiger charge is -2.08. The lowest BCUT2D eigenvalue weighted by molar-refractivity contribution is 0.588. The highest BCUT2D eigenvalue weighted by Gasteiger charge is 2.10. The van der Waals surface area contributed by atoms with Gasteiger partial charge in [-0.05, 0) is 55.4 Å². The Balaban J connectivity index is 1.92. The first-order chi connectivity index (χ1) is 10.0. The number of hydrogen-bond acceptors (Lipinski definition) is 3. The third-order valence-electron chi connectivity index (χ3n) is 3.07. The summed E-state index contributed by atoms with van der Waals surface area (Å²) in [5.74, 6) is -0.242. The van der Waals surface area contributed by atoms with E-state index in [1.807, 2.05) is 6.07 Å². The van der Waals surface area contributed by atoms with Gasteiger partial charge >= 0.3 is 0 Å². The number of sulfonamides is 1. The second kappa shape index (κ2) is 6.69. The first kappa shape index (κ1) is 15.5. The van der Waals surface area contributed by atoms with Crippen LogP contribution in [0, 0.1) is 5.82 Å². The summed E-state index contributed by atoms with van der Waals surface area (Å²) in [6.45, 7) is 0.640. The van der Waals surface area contributed by atoms with Crippen LogP contribution in [0.2, 0.25) is 0 Å². The molecular weight excluding hydrogens is 291 g/mol. The minimum atomic E-state index is -3.40. The maximum absolute atomic E-state index is 13.0. The van der Waals surface area contributed by atoms with E-state index >= 15 is 0 Å². The zero-order valence-corrected chi connectivity index (χ0v) is 12.5. The Hall–Kier alpha value is -1.92. The minimum Gasteiger partial charge on any atom is -0.385 e. The molecule has 0 atom stereocenters. The van der Waals surface area contributed by atoms with E-state index in [9.17, 15) is 12.8 Å². The molecule has 2 N–H and O–H groups in total. The van der Waals surface area contributed by atoms with Gasteiger partial charge in [0.05, 0.1) is 4.90 Å². The molecule has 4 nitrogen and oxygen atoms in total. The van der Waals surface area contributed by atoms with Gasteiger partial charge in [0.15, 0.2) is 0 Å². The Kier molecular flexibility index (Phi) is 4.93. The van der Waals surface area contributed by atoms with Crippen LogP contribution in [-0.4, -0.2) is 22.0 Å². The number of hydrogen-bond donors (Lipinski definition) is 2. The van der Waals surface area contributed by atoms with Crippen molar-refractivity contribution in [1.82, 2.24) is 4.72 Å². The predicted molar refractivity (Wildman–Crippen MR) is 81.3 cm³/mol. The maximum Gasteiger partial charge on any atom is 0.240 e. The van der Waals surface area contributed by atoms with Gasteiger partial charge in [-0.1, -0.05) is 12.1 Å². The van der Waals surface area contributed by atoms with Gasteiger partial charge in [-0.3, -0.25) is 0 Å². The topological polar surface area (TPSA) is 58.2 Å². The van der Waals surface area contributed by atoms with Crippen molar-refractivity contribution in [2.24, 2.45) is 0 Å². The summed E-state index contributed by atoms with van der Waals surface area (Å²) in [7, 11) is -2.03. The molecule has 0 heterocycles. The van der Waals surface area contributed by atoms with Gasteiger partial charge in [-0.2, -0.15) is 0 Å². The van der Waals surface area contributed by atoms with Crippen molar-refractivity contribution in [2.75, 3.05) is 18.9 Å². The summed E-state index contributed by atoms with van der Waals surface area (Å²) < 4.78 is 38.4. The van der Waals surface area contributed by atoms with Crippen LogP contribution in [-0.2, 0) is 16.4 Å². The fourth-order valence-corrected chi connectivity index (χ4v) is 2.64. The molecule has 6 heteroatoms. The maximum atomic E-state index is 13.0. The Morgan fingerprint density at radius 1 is 1.10 bits per heavy atom. The summed E-state index contributed by atoms with van der Waals surface area (Å²) in [5.41, 5.74) is 1.73. The van der Waals surface area contributed by atoms with Gasteiger partial charge in [0.2, 0.25) is 10.0 Å². The molecule has 21 heavy (non-hydrogen) atoms. The molecule has 0 amide bonds. The third-order valence-corrected chi connectivity index (χ3v) is 4.50. The molecule has 0 aliphatic heterocycles. The smallest absolute Gasteiger partial charge is 0.240 e. The molecule has 2 aromatic carbocycles. The highest BCUT2D eigenvalue weighted by atomic mass is 32.2. The van der Waals surface area contributed by atoms with Crippen molar-refractivity contribution in [2.45, 2.75) is 11.3 Å². The van der Waals surface area contributed by atoms with Gasteiger partial charge in [-0.25, -0.2) is 17.5 Å². The van der Waals surface area contributed by atoms with E-state index in [1.54, 1.807) is 18.2 Å². The van der Waals surface area contributed by atoms with Crippen molar-refractivity contribution < 1.29 is 12.8 Å². The zero-order chi connectivity index (χ0) is 15.3. The Morgan fingerprint density at radius 3 is 2.43 bits per heavy atom. The molecule has 0 unspecified atom stereocenters. The molecule has 0 aliphatic rings. The summed E-state index contributed by atoms with van der Waals surface area (Å²) in [6.07, 6.45) is 0.689. The molecule has 0 spiro atoms. The number of rotatable bonds is 6. The molecule has 2 aromatic rings. The van der Waals surface area contributed by atoms with Gasteiger partial charge in [0.25, 0.3) is 0 Å². The molecule has 0 bridgehead atoms. The van der Waals surface area contributed by atoms with Crippen molar-refractivity contribution in [3.63, 3.8) is 0 Å². The van der Waals surface area contributed by atoms with E-state index in [0.29, 0.717) is 13.0 Å². The average Bonchev–Trinajstić information content (AvgIpc) is 2.48. The van der Waals surface area contributed by atoms with E-state index in [4.69, 9.17) is 0 Å². The summed E-state index contributed by atoms with van der Waals surface area (Å²) in [6, 6.07) is 13.0. The Bertz CT molecular complexity index is 700. The Labute approximate surface area is 124 Å². The number of anilines is 1. The highest BCUT2D eigenvalue weighted by molar-refractivity contribution is 7.89. The lowest BCUT2D eigenvalue weighted by atomic mass is 10.1. The normalized spacial score (nSPS) is 11.3. The van der Waals surface area contributed by atoms with Crippen LogP contribution in [0.4, 0.5) is 10.1 Å². The van der Waals surface area contributed by atoms with Crippen LogP contribution < -0.4 is 10.0 Å². The van der Waals surface area contributed by atoms with Gasteiger partial charge < -0.3 is 5.32 Å². The SMILES string of the molecule is CNS(=O)(=O)c1ccc(NCCc2cccc(F)c2)cc1. The molecule has 0 aromatic heterocycles. The summed E-state index contributed by atoms with van der Waals surface area (Å²) >= 11 is 0. The van der Waals surface area contributed by atoms with E-state index in [2.05, 4.69) is 10.0 Å². The first-order valence-electron chi connectivity index (χ1n) is 6.53. The number of benzene rings is 2. The zero-order valence-electron chi connectivity index (χ0n) is 11.6. The van der Waals surface area contributed by atoms with Gasteiger partial charge in [0, 0.05) is 12.2 Å². The van der Waals surface area contributed by atoms with Crippen molar-refractivity contribution in [3.8, 4) is 0 Å². The molecule has 0 aliphatic carbocycles. The van der Waals surface area contributed by atoms with Gasteiger partial charge in [-0.15, -0.1) is 0 Å². The molecule has 0 fully saturated rings. The lowest BCUT2D eigenvalue weighted by Crippen LogP contribution is -2.18. The third kappa shape index (κ3) is 4.27. The molecule has 0 saturated heterocycles. The van der Waals surface area contributed by atoms with Crippen molar-refractivity contribution in [1.29, 1.82) is 0 Å². The van der Waals surface area contributed by atoms with Crippen LogP contribution >= 0.6 is 0 Å². The Morgan fingerprint density at radius 2 is 1.81 bits per heavy atom. The van der Waals surface area contributed by atoms with Crippen molar-refractivity contribution in [3.05, 3.63) is 59.9 Å². The predicted octanol–water partition coefficient (Wildman–Crippen LogP) is 2.39. The minimum absolute atomic E-state index is 0.223. The summed E-state index contributed by atoms with van der Waals surface area (Å²) in [4.78, 5) is 0.223. The quantitative estimate of drug-likeness (QED) is 0.861. The van der Waals surface area contributed by atoms with E-state index in [0.717, 1.165) is 11.3 Å². The van der Waals surface area contributed by atoms with E-state index in [-0.39, 0.29) is 10.7 Å². The fourth-order valence-electron chi connectivity index (χ4n) is 1.91. The largest absolute Gasteiger partial charge is 0.385 e. The van der Waals surface area contributed by atoms with Crippen LogP contribution in [0.5, 0.6) is 0 Å². The standard InChI is InChI=1S/C15H17FN2O2S/c1-17-21(19,20)15-7-5-14(6-8-15)18-10-9-12-3-2-4-13(16)11-12/h2-8,11,17-18H,9-10H2,1H3. The van der Waals surface area contributed by atoms with Crippen LogP contribution in [0.1, 0.15) is 5.56 Å². The molecule has 0 radical (unpaired) electrons. The molecular formula is C15H17FN2O2S. The average molecular weight is 308 g/mol. The fraction of sp³-hybridized carbons (Fsp3) is 0.200. The number of nitrogens with one attached hydrogen (secondary N) is 2. The molecule has 112 valence electrons.